The van der Waals surface area contributed by atoms with Crippen LogP contribution in [0.5, 0.6) is 0 Å². The zero-order chi connectivity index (χ0) is 58.8. The van der Waals surface area contributed by atoms with Crippen LogP contribution in [0.4, 0.5) is 0 Å². The van der Waals surface area contributed by atoms with Crippen LogP contribution in [0.1, 0.15) is 135 Å². The molecule has 1 rings (SSSR count). The van der Waals surface area contributed by atoms with Crippen molar-refractivity contribution in [1.29, 1.82) is 0 Å². The van der Waals surface area contributed by atoms with Gasteiger partial charge in [0.15, 0.2) is 0 Å². The van der Waals surface area contributed by atoms with Gasteiger partial charge in [-0.15, -0.1) is 0 Å². The number of hydrogen-bond donors (Lipinski definition) is 4. The number of allylic oxidation sites excluding steroid dienone is 2. The SMILES string of the molecule is C/C=C/C[C@@H](C)C[C@@H](C(=O)N[C@@H](CC)C(=O)N(C)CC(=O)OC)N(C)C(=O)[C@H](C(C)C)N(C)C(=O)[C@H](CC(C)C)N(C)C(=O)C(CC(C)C)N(C)C(=O)[C@@H](C)NC(=O)[C@H](C)NC(=O)[C@@H]1CC(C)CC(C)[C@H](N)C(=O)N1C. The van der Waals surface area contributed by atoms with E-state index >= 15 is 0 Å². The Morgan fingerprint density at radius 3 is 1.68 bits per heavy atom. The van der Waals surface area contributed by atoms with Gasteiger partial charge in [-0.1, -0.05) is 81.4 Å². The van der Waals surface area contributed by atoms with Gasteiger partial charge in [-0.3, -0.25) is 47.9 Å². The molecule has 1 heterocycles. The fourth-order valence-corrected chi connectivity index (χ4v) is 9.82. The maximum absolute atomic E-state index is 15.0. The van der Waals surface area contributed by atoms with Gasteiger partial charge in [0, 0.05) is 42.3 Å². The first-order chi connectivity index (χ1) is 35.2. The number of carbonyl (C=O) groups excluding carboxylic acids is 10. The Hall–Kier alpha value is -5.60. The van der Waals surface area contributed by atoms with E-state index < -0.39 is 114 Å². The molecule has 5 N–H and O–H groups in total. The lowest BCUT2D eigenvalue weighted by atomic mass is 9.84. The maximum Gasteiger partial charge on any atom is 0.325 e. The first kappa shape index (κ1) is 68.4. The number of nitrogens with zero attached hydrogens (tertiary/aromatic N) is 6. The minimum absolute atomic E-state index is 0.0707. The number of amides is 9. The third kappa shape index (κ3) is 19.4. The largest absolute Gasteiger partial charge is 0.468 e. The van der Waals surface area contributed by atoms with Crippen molar-refractivity contribution in [3.63, 3.8) is 0 Å². The molecule has 1 aliphatic heterocycles. The predicted molar refractivity (Wildman–Crippen MR) is 292 cm³/mol. The number of rotatable bonds is 27. The molecule has 1 aliphatic rings. The van der Waals surface area contributed by atoms with Crippen LogP contribution in [0.25, 0.3) is 0 Å². The molecule has 0 bridgehead atoms. The van der Waals surface area contributed by atoms with Crippen molar-refractivity contribution in [2.75, 3.05) is 55.9 Å². The van der Waals surface area contributed by atoms with Crippen LogP contribution in [0.15, 0.2) is 12.2 Å². The van der Waals surface area contributed by atoms with Crippen LogP contribution in [0.3, 0.4) is 0 Å². The first-order valence-corrected chi connectivity index (χ1v) is 27.1. The maximum atomic E-state index is 15.0. The van der Waals surface area contributed by atoms with Crippen LogP contribution in [-0.4, -0.2) is 199 Å². The minimum atomic E-state index is -1.15. The number of ether oxygens (including phenoxy) is 1. The number of likely N-dealkylation sites (N-methyl/N-ethyl adjacent to an activating group) is 6. The standard InChI is InChI=1S/C55H98N10O11/c1-21-23-24-34(9)28-40(49(69)59-39(22-2)51(71)60(14)30-44(66)76-20)62(16)55(75)46(33(7)8)65(19)53(73)43(26-32(5)6)64(18)52(72)42(25-31(3)4)63(17)50(70)38(13)58-47(67)37(12)57-48(68)41-29-35(10)27-36(11)45(56)54(74)61(41)15/h21,23,31-43,45-46H,22,24-30,56H2,1-20H3,(H,57,68)(H,58,67)(H,59,69)/b23-21+/t34-,35?,36?,37+,38-,39+,40+,41+,42?,43+,45+,46+/m1/s1. The Labute approximate surface area is 454 Å². The number of carbonyl (C=O) groups is 10. The van der Waals surface area contributed by atoms with Gasteiger partial charge in [-0.2, -0.15) is 0 Å². The molecule has 21 heteroatoms. The number of likely N-dealkylation sites (tertiary alicyclic amines) is 1. The number of esters is 1. The van der Waals surface area contributed by atoms with Gasteiger partial charge in [-0.25, -0.2) is 0 Å². The van der Waals surface area contributed by atoms with Gasteiger partial charge in [0.25, 0.3) is 0 Å². The highest BCUT2D eigenvalue weighted by atomic mass is 16.5. The third-order valence-corrected chi connectivity index (χ3v) is 14.6. The lowest BCUT2D eigenvalue weighted by molar-refractivity contribution is -0.156. The van der Waals surface area contributed by atoms with Crippen molar-refractivity contribution in [2.24, 2.45) is 41.2 Å². The molecule has 9 amide bonds. The third-order valence-electron chi connectivity index (χ3n) is 14.6. The van der Waals surface area contributed by atoms with E-state index in [1.165, 1.54) is 92.6 Å². The summed E-state index contributed by atoms with van der Waals surface area (Å²) < 4.78 is 4.71. The van der Waals surface area contributed by atoms with E-state index in [1.54, 1.807) is 20.8 Å². The van der Waals surface area contributed by atoms with Crippen LogP contribution in [-0.2, 0) is 52.7 Å². The Morgan fingerprint density at radius 1 is 0.684 bits per heavy atom. The number of nitrogens with one attached hydrogen (secondary N) is 3. The van der Waals surface area contributed by atoms with Crippen LogP contribution in [0.2, 0.25) is 0 Å². The molecule has 1 fully saturated rings. The van der Waals surface area contributed by atoms with Gasteiger partial charge in [0.05, 0.1) is 13.2 Å². The van der Waals surface area contributed by atoms with Crippen molar-refractivity contribution in [3.05, 3.63) is 12.2 Å². The number of methoxy groups -OCH3 is 1. The molecular weight excluding hydrogens is 977 g/mol. The number of nitrogens with two attached hydrogens (primary N) is 1. The molecule has 12 atom stereocenters. The molecule has 0 aromatic carbocycles. The van der Waals surface area contributed by atoms with E-state index in [0.29, 0.717) is 19.3 Å². The fraction of sp³-hybridized carbons (Fsp3) is 0.782. The lowest BCUT2D eigenvalue weighted by Gasteiger charge is -2.41. The Bertz CT molecular complexity index is 2030. The van der Waals surface area contributed by atoms with Crippen LogP contribution < -0.4 is 21.7 Å². The summed E-state index contributed by atoms with van der Waals surface area (Å²) in [6.45, 7) is 23.2. The van der Waals surface area contributed by atoms with E-state index in [2.05, 4.69) is 16.0 Å². The topological polar surface area (TPSA) is 261 Å². The average molecular weight is 1080 g/mol. The summed E-state index contributed by atoms with van der Waals surface area (Å²) in [5.74, 6) is -6.26. The van der Waals surface area contributed by atoms with Crippen LogP contribution >= 0.6 is 0 Å². The monoisotopic (exact) mass is 1070 g/mol. The summed E-state index contributed by atoms with van der Waals surface area (Å²) in [5, 5.41) is 8.18. The predicted octanol–water partition coefficient (Wildman–Crippen LogP) is 2.79. The molecule has 0 radical (unpaired) electrons. The Balaban J connectivity index is 3.52. The van der Waals surface area contributed by atoms with Gasteiger partial charge in [0.2, 0.25) is 53.2 Å². The highest BCUT2D eigenvalue weighted by Gasteiger charge is 2.43. The number of hydrogen-bond acceptors (Lipinski definition) is 12. The van der Waals surface area contributed by atoms with Crippen molar-refractivity contribution < 1.29 is 52.7 Å². The second kappa shape index (κ2) is 31.6. The molecule has 0 aromatic rings. The van der Waals surface area contributed by atoms with Gasteiger partial charge >= 0.3 is 5.97 Å². The van der Waals surface area contributed by atoms with Crippen molar-refractivity contribution in [3.8, 4) is 0 Å². The molecule has 76 heavy (non-hydrogen) atoms. The van der Waals surface area contributed by atoms with Gasteiger partial charge in [0.1, 0.15) is 54.9 Å². The Morgan fingerprint density at radius 2 is 1.20 bits per heavy atom. The molecule has 0 spiro atoms. The van der Waals surface area contributed by atoms with E-state index in [1.807, 2.05) is 67.5 Å². The summed E-state index contributed by atoms with van der Waals surface area (Å²) in [4.78, 5) is 146. The second-order valence-corrected chi connectivity index (χ2v) is 22.7. The fourth-order valence-electron chi connectivity index (χ4n) is 9.82. The molecule has 434 valence electrons. The van der Waals surface area contributed by atoms with Crippen molar-refractivity contribution in [2.45, 2.75) is 189 Å². The first-order valence-electron chi connectivity index (χ1n) is 27.1. The highest BCUT2D eigenvalue weighted by molar-refractivity contribution is 5.98. The smallest absolute Gasteiger partial charge is 0.325 e. The molecule has 1 saturated heterocycles. The average Bonchev–Trinajstić information content (AvgIpc) is 3.35. The van der Waals surface area contributed by atoms with Gasteiger partial charge in [-0.05, 0) is 101 Å². The van der Waals surface area contributed by atoms with E-state index in [4.69, 9.17) is 10.5 Å². The molecule has 0 saturated carbocycles. The van der Waals surface area contributed by atoms with Crippen molar-refractivity contribution >= 4 is 59.1 Å². The van der Waals surface area contributed by atoms with E-state index in [9.17, 15) is 47.9 Å². The highest BCUT2D eigenvalue weighted by Crippen LogP contribution is 2.27. The van der Waals surface area contributed by atoms with Crippen molar-refractivity contribution in [1.82, 2.24) is 45.3 Å². The second-order valence-electron chi connectivity index (χ2n) is 22.7. The summed E-state index contributed by atoms with van der Waals surface area (Å²) in [6, 6.07) is -9.25. The van der Waals surface area contributed by atoms with E-state index in [0.717, 1.165) is 0 Å². The minimum Gasteiger partial charge on any atom is -0.468 e. The molecule has 3 unspecified atom stereocenters. The normalized spacial score (nSPS) is 20.2. The zero-order valence-electron chi connectivity index (χ0n) is 49.7. The summed E-state index contributed by atoms with van der Waals surface area (Å²) >= 11 is 0. The zero-order valence-corrected chi connectivity index (χ0v) is 49.7. The van der Waals surface area contributed by atoms with Gasteiger partial charge < -0.3 is 55.8 Å². The van der Waals surface area contributed by atoms with Crippen LogP contribution in [0, 0.1) is 35.5 Å². The molecule has 0 aromatic heterocycles. The Kier molecular flexibility index (Phi) is 28.4. The molecule has 21 nitrogen and oxygen atoms in total. The molecule has 0 aliphatic carbocycles. The summed E-state index contributed by atoms with van der Waals surface area (Å²) in [7, 11) is 10.1. The summed E-state index contributed by atoms with van der Waals surface area (Å²) in [6.07, 6.45) is 6.29. The lowest BCUT2D eigenvalue weighted by Crippen LogP contribution is -2.61. The van der Waals surface area contributed by atoms with E-state index in [-0.39, 0.29) is 67.7 Å². The molecular formula is C55H98N10O11. The summed E-state index contributed by atoms with van der Waals surface area (Å²) in [5.41, 5.74) is 6.21. The quantitative estimate of drug-likeness (QED) is 0.0684.